The molecular formula is C61H48N6O8. The molecule has 0 aromatic heterocycles. The number of carbonyl (C=O) groups is 5. The fraction of sp³-hybridized carbons (Fsp3) is 0.328. The lowest BCUT2D eigenvalue weighted by atomic mass is 10.2. The highest BCUT2D eigenvalue weighted by Crippen LogP contribution is 2.03. The summed E-state index contributed by atoms with van der Waals surface area (Å²) in [7, 11) is 0. The van der Waals surface area contributed by atoms with Crippen LogP contribution in [-0.4, -0.2) is 80.8 Å². The van der Waals surface area contributed by atoms with Crippen LogP contribution in [0.3, 0.4) is 0 Å². The third-order valence-corrected chi connectivity index (χ3v) is 7.93. The number of ether oxygens (including phenoxy) is 2. The Labute approximate surface area is 442 Å². The first-order chi connectivity index (χ1) is 36.8. The van der Waals surface area contributed by atoms with Crippen molar-refractivity contribution in [1.82, 2.24) is 31.6 Å². The predicted octanol–water partition coefficient (Wildman–Crippen LogP) is 2.55. The van der Waals surface area contributed by atoms with Gasteiger partial charge in [0, 0.05) is 140 Å². The van der Waals surface area contributed by atoms with Gasteiger partial charge in [0.2, 0.25) is 5.91 Å². The van der Waals surface area contributed by atoms with Gasteiger partial charge >= 0.3 is 24.2 Å². The zero-order valence-corrected chi connectivity index (χ0v) is 41.3. The second-order valence-electron chi connectivity index (χ2n) is 13.5. The minimum Gasteiger partial charge on any atom is -0.371 e. The number of amides is 5. The molecule has 5 N–H and O–H groups in total. The molecule has 14 nitrogen and oxygen atoms in total. The molecule has 0 aliphatic rings. The Bertz CT molecular complexity index is 3150. The molecule has 0 heterocycles. The Balaban J connectivity index is 4.55. The van der Waals surface area contributed by atoms with Crippen molar-refractivity contribution in [2.24, 2.45) is 0 Å². The monoisotopic (exact) mass is 992 g/mol. The van der Waals surface area contributed by atoms with Crippen LogP contribution in [0.1, 0.15) is 84.0 Å². The van der Waals surface area contributed by atoms with E-state index < -0.39 is 12.2 Å². The molecule has 0 saturated carbocycles. The van der Waals surface area contributed by atoms with Gasteiger partial charge in [0.25, 0.3) is 0 Å². The van der Waals surface area contributed by atoms with Gasteiger partial charge in [0.15, 0.2) is 0 Å². The summed E-state index contributed by atoms with van der Waals surface area (Å²) in [5.41, 5.74) is 2.63. The first-order valence-corrected chi connectivity index (χ1v) is 22.9. The summed E-state index contributed by atoms with van der Waals surface area (Å²) in [6, 6.07) is -0.353. The van der Waals surface area contributed by atoms with Crippen LogP contribution in [0.15, 0.2) is 0 Å². The molecular weight excluding hydrogens is 945 g/mol. The molecule has 0 aliphatic heterocycles. The van der Waals surface area contributed by atoms with Gasteiger partial charge < -0.3 is 40.5 Å². The van der Waals surface area contributed by atoms with Crippen LogP contribution in [0.4, 0.5) is 14.4 Å². The minimum atomic E-state index is -0.713. The van der Waals surface area contributed by atoms with E-state index in [0.717, 1.165) is 32.1 Å². The van der Waals surface area contributed by atoms with Gasteiger partial charge in [-0.25, -0.2) is 14.4 Å². The molecule has 0 bridgehead atoms. The van der Waals surface area contributed by atoms with E-state index in [1.165, 1.54) is 4.90 Å². The fourth-order valence-electron chi connectivity index (χ4n) is 4.64. The van der Waals surface area contributed by atoms with Crippen LogP contribution in [0, 0.1) is 215 Å². The van der Waals surface area contributed by atoms with Crippen molar-refractivity contribution >= 4 is 30.1 Å². The number of carbonyl (C=O) groups excluding carboxylic acids is 5. The van der Waals surface area contributed by atoms with Crippen LogP contribution in [-0.2, 0) is 23.9 Å². The fourth-order valence-corrected chi connectivity index (χ4v) is 4.64. The molecule has 0 rings (SSSR count). The van der Waals surface area contributed by atoms with Crippen LogP contribution in [0.25, 0.3) is 0 Å². The maximum atomic E-state index is 13.1. The largest absolute Gasteiger partial charge is 0.421 e. The van der Waals surface area contributed by atoms with E-state index in [1.807, 2.05) is 0 Å². The zero-order valence-electron chi connectivity index (χ0n) is 41.3. The summed E-state index contributed by atoms with van der Waals surface area (Å²) in [6.45, 7) is 3.96. The van der Waals surface area contributed by atoms with E-state index in [-0.39, 0.29) is 30.9 Å². The van der Waals surface area contributed by atoms with Crippen molar-refractivity contribution in [3.05, 3.63) is 0 Å². The van der Waals surface area contributed by atoms with Gasteiger partial charge in [-0.1, -0.05) is 39.0 Å². The quantitative estimate of drug-likeness (QED) is 0.0422. The average molecular weight is 993 g/mol. The average Bonchev–Trinajstić information content (AvgIpc) is 3.40. The summed E-state index contributed by atoms with van der Waals surface area (Å²) in [5, 5.41) is 11.0. The number of nitrogens with zero attached hydrogens (tertiary/aromatic N) is 1. The number of rotatable bonds is 24. The van der Waals surface area contributed by atoms with Crippen molar-refractivity contribution in [3.8, 4) is 215 Å². The Morgan fingerprint density at radius 2 is 0.707 bits per heavy atom. The standard InChI is InChI=1S/C61H48N6O8/c1-4-7-9-11-13-15-17-19-21-23-25-27-29-31-37-46-54-73-60(71)64-50-42-35-33-40-48-62-57(68)56-67(53-45-39-44-52-66-75-58(69)6-3)59(70)63-49-41-34-36-43-51-65-61(72)74-55-47-38-32-30-28-26-24-22-20-18-16-14-12-10-8-5-2/h1-2,66H,6,33-36,39-45,48-53,56H2,3H3,(H,62,68)(H,63,70)(H,64,71)(H,65,72). The highest BCUT2D eigenvalue weighted by Gasteiger charge is 2.16. The van der Waals surface area contributed by atoms with E-state index >= 15 is 0 Å². The summed E-state index contributed by atoms with van der Waals surface area (Å²) in [4.78, 5) is 67.3. The van der Waals surface area contributed by atoms with Crippen molar-refractivity contribution < 1.29 is 38.3 Å². The second kappa shape index (κ2) is 52.2. The van der Waals surface area contributed by atoms with E-state index in [4.69, 9.17) is 27.2 Å². The van der Waals surface area contributed by atoms with Gasteiger partial charge in [0.05, 0.1) is 0 Å². The normalized spacial score (nSPS) is 7.40. The molecule has 0 saturated heterocycles. The molecule has 0 spiro atoms. The summed E-state index contributed by atoms with van der Waals surface area (Å²) in [6.07, 6.45) is 21.1. The summed E-state index contributed by atoms with van der Waals surface area (Å²) < 4.78 is 9.50. The number of hydroxylamine groups is 1. The lowest BCUT2D eigenvalue weighted by Gasteiger charge is -2.23. The molecule has 5 amide bonds. The van der Waals surface area contributed by atoms with Gasteiger partial charge in [0.1, 0.15) is 18.8 Å². The van der Waals surface area contributed by atoms with E-state index in [0.29, 0.717) is 77.8 Å². The van der Waals surface area contributed by atoms with Gasteiger partial charge in [-0.05, 0) is 133 Å². The van der Waals surface area contributed by atoms with Gasteiger partial charge in [-0.3, -0.25) is 9.59 Å². The Morgan fingerprint density at radius 1 is 0.387 bits per heavy atom. The minimum absolute atomic E-state index is 0.115. The second-order valence-corrected chi connectivity index (χ2v) is 13.5. The topological polar surface area (TPSA) is 176 Å². The highest BCUT2D eigenvalue weighted by atomic mass is 16.7. The number of hydrogen-bond donors (Lipinski definition) is 5. The van der Waals surface area contributed by atoms with Crippen molar-refractivity contribution in [2.45, 2.75) is 84.0 Å². The van der Waals surface area contributed by atoms with Crippen molar-refractivity contribution in [1.29, 1.82) is 0 Å². The first kappa shape index (κ1) is 63.8. The van der Waals surface area contributed by atoms with Crippen LogP contribution in [0.2, 0.25) is 0 Å². The van der Waals surface area contributed by atoms with Gasteiger partial charge in [-0.15, -0.1) is 12.8 Å². The zero-order chi connectivity index (χ0) is 54.6. The van der Waals surface area contributed by atoms with Crippen molar-refractivity contribution in [2.75, 3.05) is 45.8 Å². The number of unbranched alkanes of at least 4 members (excludes halogenated alkanes) is 8. The molecule has 75 heavy (non-hydrogen) atoms. The van der Waals surface area contributed by atoms with Gasteiger partial charge in [-0.2, -0.15) is 5.48 Å². The lowest BCUT2D eigenvalue weighted by Crippen LogP contribution is -2.46. The highest BCUT2D eigenvalue weighted by molar-refractivity contribution is 5.84. The molecule has 0 radical (unpaired) electrons. The van der Waals surface area contributed by atoms with Crippen LogP contribution in [0.5, 0.6) is 0 Å². The third kappa shape index (κ3) is 49.0. The Kier molecular flexibility index (Phi) is 44.4. The number of hydrogen-bond acceptors (Lipinski definition) is 9. The Hall–Kier alpha value is -11.2. The third-order valence-electron chi connectivity index (χ3n) is 7.93. The smallest absolute Gasteiger partial charge is 0.371 e. The van der Waals surface area contributed by atoms with Crippen LogP contribution >= 0.6 is 0 Å². The molecule has 0 unspecified atom stereocenters. The predicted molar refractivity (Wildman–Crippen MR) is 284 cm³/mol. The molecule has 0 aromatic rings. The Morgan fingerprint density at radius 3 is 1.08 bits per heavy atom. The SMILES string of the molecule is C#CC#CC#CC#CC#CC#CC#CC#CC#COC(=O)NCCCCCCNC(=O)CN(CCCCCNOC(=O)CC)C(=O)NCCCCCCNC(=O)OC#CC#CC#CC#CC#CC#CC#CC#CC#C. The number of terminal acetylenes is 2. The van der Waals surface area contributed by atoms with Crippen LogP contribution < -0.4 is 26.7 Å². The number of nitrogens with one attached hydrogen (secondary N) is 5. The molecule has 370 valence electrons. The molecule has 0 atom stereocenters. The van der Waals surface area contributed by atoms with E-state index in [1.54, 1.807) is 6.92 Å². The lowest BCUT2D eigenvalue weighted by molar-refractivity contribution is -0.150. The molecule has 0 fully saturated rings. The molecule has 0 aliphatic carbocycles. The van der Waals surface area contributed by atoms with E-state index in [2.05, 4.69) is 228 Å². The number of urea groups is 1. The first-order valence-electron chi connectivity index (χ1n) is 22.9. The molecule has 14 heteroatoms. The number of alkyl carbamates (subject to hydrolysis) is 2. The molecule has 0 aromatic carbocycles. The maximum absolute atomic E-state index is 13.1. The van der Waals surface area contributed by atoms with Crippen molar-refractivity contribution in [3.63, 3.8) is 0 Å². The summed E-state index contributed by atoms with van der Waals surface area (Å²) >= 11 is 0. The maximum Gasteiger partial charge on any atom is 0.421 e. The summed E-state index contributed by atoms with van der Waals surface area (Å²) in [5.74, 6) is 76.7. The van der Waals surface area contributed by atoms with E-state index in [9.17, 15) is 24.0 Å².